The van der Waals surface area contributed by atoms with Crippen LogP contribution in [-0.2, 0) is 0 Å². The fourth-order valence-corrected chi connectivity index (χ4v) is 0.997. The van der Waals surface area contributed by atoms with Crippen molar-refractivity contribution >= 4 is 21.7 Å². The molecular weight excluding hydrogens is 185 g/mol. The highest BCUT2D eigenvalue weighted by Gasteiger charge is 1.92. The molecule has 0 radical (unpaired) electrons. The number of pyridine rings is 1. The highest BCUT2D eigenvalue weighted by atomic mass is 79.9. The molecule has 0 unspecified atom stereocenters. The van der Waals surface area contributed by atoms with Crippen molar-refractivity contribution in [3.05, 3.63) is 22.3 Å². The molecule has 0 aliphatic rings. The summed E-state index contributed by atoms with van der Waals surface area (Å²) in [6.45, 7) is 1.92. The van der Waals surface area contributed by atoms with Crippen LogP contribution in [0.4, 0.5) is 5.82 Å². The zero-order valence-electron chi connectivity index (χ0n) is 5.06. The minimum atomic E-state index is 0.596. The third-order valence-electron chi connectivity index (χ3n) is 1.09. The lowest BCUT2D eigenvalue weighted by Crippen LogP contribution is -1.91. The zero-order chi connectivity index (χ0) is 6.85. The summed E-state index contributed by atoms with van der Waals surface area (Å²) in [6.07, 6.45) is 1.68. The van der Waals surface area contributed by atoms with Crippen molar-refractivity contribution < 1.29 is 0 Å². The predicted octanol–water partition coefficient (Wildman–Crippen LogP) is 1.73. The first kappa shape index (κ1) is 6.55. The Bertz CT molecular complexity index is 222. The van der Waals surface area contributed by atoms with Gasteiger partial charge < -0.3 is 5.73 Å². The van der Waals surface area contributed by atoms with Crippen LogP contribution in [-0.4, -0.2) is 4.98 Å². The SMILES string of the molecule is [13CH3][13c]1cc(Br)[13cH][15n][13c]1N. The Kier molecular flexibility index (Phi) is 1.71. The number of nitrogen functional groups attached to an aromatic ring is 1. The molecule has 1 aromatic rings. The first-order valence-electron chi connectivity index (χ1n) is 2.58. The van der Waals surface area contributed by atoms with Gasteiger partial charge in [0.25, 0.3) is 0 Å². The molecule has 0 aromatic carbocycles. The summed E-state index contributed by atoms with van der Waals surface area (Å²) in [5.74, 6) is 0.596. The Morgan fingerprint density at radius 3 is 2.78 bits per heavy atom. The minimum Gasteiger partial charge on any atom is -0.383 e. The number of aromatic nitrogens is 1. The maximum atomic E-state index is 5.46. The van der Waals surface area contributed by atoms with Crippen molar-refractivity contribution in [3.8, 4) is 0 Å². The van der Waals surface area contributed by atoms with Gasteiger partial charge in [0.2, 0.25) is 0 Å². The molecule has 0 amide bonds. The van der Waals surface area contributed by atoms with Gasteiger partial charge in [0.05, 0.1) is 0 Å². The highest BCUT2D eigenvalue weighted by Crippen LogP contribution is 2.13. The molecule has 0 saturated carbocycles. The van der Waals surface area contributed by atoms with Crippen molar-refractivity contribution in [2.24, 2.45) is 0 Å². The highest BCUT2D eigenvalue weighted by molar-refractivity contribution is 9.10. The number of rotatable bonds is 0. The summed E-state index contributed by atoms with van der Waals surface area (Å²) in [7, 11) is 0. The van der Waals surface area contributed by atoms with Gasteiger partial charge in [-0.25, -0.2) is 4.98 Å². The van der Waals surface area contributed by atoms with Crippen LogP contribution in [0, 0.1) is 6.92 Å². The zero-order valence-corrected chi connectivity index (χ0v) is 6.64. The number of anilines is 1. The second-order valence-corrected chi connectivity index (χ2v) is 2.77. The Hall–Kier alpha value is -0.570. The van der Waals surface area contributed by atoms with Gasteiger partial charge in [-0.3, -0.25) is 0 Å². The number of nitrogens with zero attached hydrogens (tertiary/aromatic N) is 1. The van der Waals surface area contributed by atoms with Gasteiger partial charge >= 0.3 is 0 Å². The summed E-state index contributed by atoms with van der Waals surface area (Å²) in [5.41, 5.74) is 6.46. The van der Waals surface area contributed by atoms with E-state index in [1.807, 2.05) is 13.0 Å². The van der Waals surface area contributed by atoms with Crippen molar-refractivity contribution in [2.45, 2.75) is 6.92 Å². The first-order chi connectivity index (χ1) is 4.20. The van der Waals surface area contributed by atoms with Gasteiger partial charge in [-0.05, 0) is 34.5 Å². The lowest BCUT2D eigenvalue weighted by molar-refractivity contribution is 1.26. The first-order valence-corrected chi connectivity index (χ1v) is 3.37. The number of nitrogens with two attached hydrogens (primary N) is 1. The van der Waals surface area contributed by atoms with Gasteiger partial charge in [-0.2, -0.15) is 0 Å². The molecule has 0 aliphatic heterocycles. The van der Waals surface area contributed by atoms with E-state index in [1.54, 1.807) is 6.20 Å². The summed E-state index contributed by atoms with van der Waals surface area (Å²) in [5, 5.41) is 0. The van der Waals surface area contributed by atoms with Crippen LogP contribution >= 0.6 is 15.9 Å². The molecule has 3 heteroatoms. The van der Waals surface area contributed by atoms with Crippen molar-refractivity contribution in [1.82, 2.24) is 4.98 Å². The van der Waals surface area contributed by atoms with Gasteiger partial charge in [0.15, 0.2) is 0 Å². The maximum Gasteiger partial charge on any atom is 0.126 e. The van der Waals surface area contributed by atoms with E-state index in [2.05, 4.69) is 20.9 Å². The Labute approximate surface area is 62.2 Å². The Balaban J connectivity index is 3.17. The van der Waals surface area contributed by atoms with E-state index < -0.39 is 0 Å². The largest absolute Gasteiger partial charge is 0.383 e. The summed E-state index contributed by atoms with van der Waals surface area (Å²) in [6, 6.07) is 1.93. The summed E-state index contributed by atoms with van der Waals surface area (Å²) >= 11 is 3.28. The number of aryl methyl sites for hydroxylation is 1. The van der Waals surface area contributed by atoms with E-state index in [9.17, 15) is 0 Å². The fourth-order valence-electron chi connectivity index (χ4n) is 0.551. The Morgan fingerprint density at radius 2 is 2.33 bits per heavy atom. The molecule has 0 atom stereocenters. The molecule has 0 bridgehead atoms. The molecule has 0 fully saturated rings. The van der Waals surface area contributed by atoms with Crippen LogP contribution < -0.4 is 5.73 Å². The van der Waals surface area contributed by atoms with Gasteiger partial charge in [-0.15, -0.1) is 0 Å². The minimum absolute atomic E-state index is 0.596. The monoisotopic (exact) mass is 191 g/mol. The van der Waals surface area contributed by atoms with E-state index in [0.717, 1.165) is 10.0 Å². The normalized spacial score (nSPS) is 9.56. The van der Waals surface area contributed by atoms with Crippen LogP contribution in [0.5, 0.6) is 0 Å². The average Bonchev–Trinajstić information content (AvgIpc) is 1.80. The smallest absolute Gasteiger partial charge is 0.126 e. The molecule has 0 spiro atoms. The third-order valence-corrected chi connectivity index (χ3v) is 1.52. The van der Waals surface area contributed by atoms with Gasteiger partial charge in [-0.1, -0.05) is 0 Å². The van der Waals surface area contributed by atoms with Crippen LogP contribution in [0.2, 0.25) is 0 Å². The molecule has 2 N–H and O–H groups in total. The van der Waals surface area contributed by atoms with E-state index >= 15 is 0 Å². The van der Waals surface area contributed by atoms with Crippen molar-refractivity contribution in [2.75, 3.05) is 5.73 Å². The molecule has 1 rings (SSSR count). The van der Waals surface area contributed by atoms with Crippen LogP contribution in [0.3, 0.4) is 0 Å². The number of hydrogen-bond donors (Lipinski definition) is 1. The predicted molar refractivity (Wildman–Crippen MR) is 41.1 cm³/mol. The number of halogens is 1. The van der Waals surface area contributed by atoms with Gasteiger partial charge in [0.1, 0.15) is 5.82 Å². The lowest BCUT2D eigenvalue weighted by atomic mass is 10.8. The van der Waals surface area contributed by atoms with Gasteiger partial charge in [0, 0.05) is 10.7 Å². The Morgan fingerprint density at radius 1 is 1.67 bits per heavy atom. The van der Waals surface area contributed by atoms with E-state index in [-0.39, 0.29) is 0 Å². The molecular formula is C6H7BrN2. The topological polar surface area (TPSA) is 38.9 Å². The van der Waals surface area contributed by atoms with E-state index in [4.69, 9.17) is 5.73 Å². The second kappa shape index (κ2) is 2.35. The molecule has 48 valence electrons. The standard InChI is InChI=1S/C6H7BrN2/c1-4-2-5(7)3-9-6(4)8/h2-3H,1H3,(H2,8,9)/i1+1,3+1,4+1,6+1,9+1. The van der Waals surface area contributed by atoms with Crippen LogP contribution in [0.15, 0.2) is 16.7 Å². The molecule has 1 aromatic heterocycles. The molecule has 0 saturated heterocycles. The molecule has 2 nitrogen and oxygen atoms in total. The summed E-state index contributed by atoms with van der Waals surface area (Å²) in [4.78, 5) is 3.91. The molecule has 0 aliphatic carbocycles. The van der Waals surface area contributed by atoms with Crippen molar-refractivity contribution in [3.63, 3.8) is 0 Å². The lowest BCUT2D eigenvalue weighted by Gasteiger charge is -1.96. The second-order valence-electron chi connectivity index (χ2n) is 1.86. The number of hydrogen-bond acceptors (Lipinski definition) is 2. The quantitative estimate of drug-likeness (QED) is 0.635. The van der Waals surface area contributed by atoms with Crippen LogP contribution in [0.1, 0.15) is 5.56 Å². The maximum absolute atomic E-state index is 5.46. The van der Waals surface area contributed by atoms with E-state index in [0.29, 0.717) is 5.82 Å². The van der Waals surface area contributed by atoms with Crippen LogP contribution in [0.25, 0.3) is 0 Å². The summed E-state index contributed by atoms with van der Waals surface area (Å²) < 4.78 is 0.967. The van der Waals surface area contributed by atoms with Crippen molar-refractivity contribution in [1.29, 1.82) is 0 Å². The fraction of sp³-hybridized carbons (Fsp3) is 0.167. The van der Waals surface area contributed by atoms with E-state index in [1.165, 1.54) is 0 Å². The molecule has 1 heterocycles. The average molecular weight is 192 g/mol. The molecule has 9 heavy (non-hydrogen) atoms. The third kappa shape index (κ3) is 1.42.